The number of H-pyrrole nitrogens is 1. The Morgan fingerprint density at radius 3 is 2.58 bits per heavy atom. The van der Waals surface area contributed by atoms with Crippen molar-refractivity contribution in [2.45, 2.75) is 13.8 Å². The summed E-state index contributed by atoms with van der Waals surface area (Å²) in [4.78, 5) is 15.9. The normalized spacial score (nSPS) is 10.2. The van der Waals surface area contributed by atoms with E-state index in [4.69, 9.17) is 9.47 Å². The van der Waals surface area contributed by atoms with Gasteiger partial charge in [-0.05, 0) is 32.0 Å². The number of ketones is 1. The second-order valence-corrected chi connectivity index (χ2v) is 3.69. The summed E-state index contributed by atoms with van der Waals surface area (Å²) in [5, 5.41) is 6.21. The Morgan fingerprint density at radius 2 is 1.95 bits per heavy atom. The Kier molecular flexibility index (Phi) is 4.12. The third-order valence-corrected chi connectivity index (χ3v) is 2.44. The Balaban J connectivity index is 2.32. The maximum Gasteiger partial charge on any atom is 0.229 e. The van der Waals surface area contributed by atoms with Crippen LogP contribution in [0.25, 0.3) is 0 Å². The Hall–Kier alpha value is -2.37. The van der Waals surface area contributed by atoms with Crippen molar-refractivity contribution in [2.24, 2.45) is 0 Å². The molecule has 0 atom stereocenters. The summed E-state index contributed by atoms with van der Waals surface area (Å²) < 4.78 is 10.9. The molecule has 0 aliphatic heterocycles. The van der Waals surface area contributed by atoms with E-state index in [2.05, 4.69) is 15.2 Å². The monoisotopic (exact) mass is 261 g/mol. The standard InChI is InChI=1S/C13H15N3O3/c1-3-18-10-6-5-9(7-11(10)19-4-2)12(17)13-14-8-15-16-13/h5-8H,3-4H2,1-2H3,(H,14,15,16). The van der Waals surface area contributed by atoms with Crippen molar-refractivity contribution in [1.82, 2.24) is 15.2 Å². The summed E-state index contributed by atoms with van der Waals surface area (Å²) >= 11 is 0. The van der Waals surface area contributed by atoms with Gasteiger partial charge in [0, 0.05) is 5.56 Å². The van der Waals surface area contributed by atoms with Gasteiger partial charge < -0.3 is 9.47 Å². The molecule has 0 aliphatic carbocycles. The zero-order valence-electron chi connectivity index (χ0n) is 10.8. The largest absolute Gasteiger partial charge is 0.490 e. The van der Waals surface area contributed by atoms with E-state index in [1.807, 2.05) is 13.8 Å². The average molecular weight is 261 g/mol. The van der Waals surface area contributed by atoms with E-state index in [0.717, 1.165) is 0 Å². The third kappa shape index (κ3) is 2.90. The van der Waals surface area contributed by atoms with Crippen molar-refractivity contribution in [3.8, 4) is 11.5 Å². The maximum atomic E-state index is 12.1. The number of aromatic nitrogens is 3. The first-order valence-electron chi connectivity index (χ1n) is 6.06. The van der Waals surface area contributed by atoms with Crippen molar-refractivity contribution in [1.29, 1.82) is 0 Å². The van der Waals surface area contributed by atoms with Gasteiger partial charge >= 0.3 is 0 Å². The summed E-state index contributed by atoms with van der Waals surface area (Å²) in [6, 6.07) is 5.05. The van der Waals surface area contributed by atoms with Crippen LogP contribution in [0.3, 0.4) is 0 Å². The van der Waals surface area contributed by atoms with Crippen molar-refractivity contribution in [3.05, 3.63) is 35.9 Å². The number of carbonyl (C=O) groups is 1. The predicted octanol–water partition coefficient (Wildman–Crippen LogP) is 1.83. The molecular weight excluding hydrogens is 246 g/mol. The van der Waals surface area contributed by atoms with Crippen LogP contribution in [0.2, 0.25) is 0 Å². The van der Waals surface area contributed by atoms with Gasteiger partial charge in [0.25, 0.3) is 0 Å². The van der Waals surface area contributed by atoms with Gasteiger partial charge in [0.05, 0.1) is 13.2 Å². The van der Waals surface area contributed by atoms with E-state index >= 15 is 0 Å². The van der Waals surface area contributed by atoms with Crippen LogP contribution in [0.1, 0.15) is 30.0 Å². The number of nitrogens with one attached hydrogen (secondary N) is 1. The van der Waals surface area contributed by atoms with E-state index in [1.165, 1.54) is 6.33 Å². The van der Waals surface area contributed by atoms with Gasteiger partial charge in [-0.1, -0.05) is 0 Å². The number of hydrogen-bond donors (Lipinski definition) is 1. The summed E-state index contributed by atoms with van der Waals surface area (Å²) in [5.74, 6) is 1.14. The van der Waals surface area contributed by atoms with Crippen LogP contribution in [0, 0.1) is 0 Å². The first kappa shape index (κ1) is 13.1. The molecule has 0 saturated heterocycles. The molecule has 0 radical (unpaired) electrons. The fraction of sp³-hybridized carbons (Fsp3) is 0.308. The van der Waals surface area contributed by atoms with Crippen LogP contribution in [0.4, 0.5) is 0 Å². The second-order valence-electron chi connectivity index (χ2n) is 3.69. The minimum atomic E-state index is -0.235. The highest BCUT2D eigenvalue weighted by Gasteiger charge is 2.15. The first-order valence-corrected chi connectivity index (χ1v) is 6.06. The maximum absolute atomic E-state index is 12.1. The van der Waals surface area contributed by atoms with Crippen LogP contribution < -0.4 is 9.47 Å². The average Bonchev–Trinajstić information content (AvgIpc) is 2.94. The minimum absolute atomic E-state index is 0.201. The minimum Gasteiger partial charge on any atom is -0.490 e. The molecule has 2 aromatic rings. The molecule has 0 unspecified atom stereocenters. The van der Waals surface area contributed by atoms with Gasteiger partial charge in [-0.15, -0.1) is 0 Å². The van der Waals surface area contributed by atoms with E-state index < -0.39 is 0 Å². The molecule has 1 heterocycles. The van der Waals surface area contributed by atoms with E-state index in [-0.39, 0.29) is 11.6 Å². The van der Waals surface area contributed by atoms with Crippen molar-refractivity contribution in [2.75, 3.05) is 13.2 Å². The number of aromatic amines is 1. The fourth-order valence-corrected chi connectivity index (χ4v) is 1.64. The number of nitrogens with zero attached hydrogens (tertiary/aromatic N) is 2. The summed E-state index contributed by atoms with van der Waals surface area (Å²) in [5.41, 5.74) is 0.476. The van der Waals surface area contributed by atoms with Crippen LogP contribution >= 0.6 is 0 Å². The lowest BCUT2D eigenvalue weighted by Crippen LogP contribution is -2.05. The highest BCUT2D eigenvalue weighted by Crippen LogP contribution is 2.29. The van der Waals surface area contributed by atoms with Crippen LogP contribution in [0.5, 0.6) is 11.5 Å². The lowest BCUT2D eigenvalue weighted by molar-refractivity contribution is 0.102. The van der Waals surface area contributed by atoms with Crippen molar-refractivity contribution in [3.63, 3.8) is 0 Å². The smallest absolute Gasteiger partial charge is 0.229 e. The number of ether oxygens (including phenoxy) is 2. The van der Waals surface area contributed by atoms with Gasteiger partial charge in [0.2, 0.25) is 5.78 Å². The van der Waals surface area contributed by atoms with E-state index in [9.17, 15) is 4.79 Å². The van der Waals surface area contributed by atoms with Gasteiger partial charge in [-0.3, -0.25) is 9.89 Å². The third-order valence-electron chi connectivity index (χ3n) is 2.44. The number of hydrogen-bond acceptors (Lipinski definition) is 5. The lowest BCUT2D eigenvalue weighted by Gasteiger charge is -2.11. The van der Waals surface area contributed by atoms with Crippen LogP contribution in [-0.4, -0.2) is 34.2 Å². The van der Waals surface area contributed by atoms with Gasteiger partial charge in [-0.25, -0.2) is 4.98 Å². The molecule has 19 heavy (non-hydrogen) atoms. The topological polar surface area (TPSA) is 77.1 Å². The van der Waals surface area contributed by atoms with Gasteiger partial charge in [0.1, 0.15) is 6.33 Å². The molecule has 1 aromatic heterocycles. The molecule has 0 fully saturated rings. The molecule has 0 bridgehead atoms. The molecule has 6 heteroatoms. The molecule has 100 valence electrons. The first-order chi connectivity index (χ1) is 9.26. The molecule has 1 aromatic carbocycles. The lowest BCUT2D eigenvalue weighted by atomic mass is 10.1. The molecule has 6 nitrogen and oxygen atoms in total. The van der Waals surface area contributed by atoms with Gasteiger partial charge in [0.15, 0.2) is 17.3 Å². The molecule has 0 amide bonds. The Labute approximate surface area is 110 Å². The Morgan fingerprint density at radius 1 is 1.21 bits per heavy atom. The zero-order valence-corrected chi connectivity index (χ0v) is 10.8. The molecule has 1 N–H and O–H groups in total. The molecule has 0 saturated carbocycles. The van der Waals surface area contributed by atoms with E-state index in [1.54, 1.807) is 18.2 Å². The van der Waals surface area contributed by atoms with E-state index in [0.29, 0.717) is 30.3 Å². The van der Waals surface area contributed by atoms with Crippen molar-refractivity contribution >= 4 is 5.78 Å². The fourth-order valence-electron chi connectivity index (χ4n) is 1.64. The molecule has 0 spiro atoms. The predicted molar refractivity (Wildman–Crippen MR) is 68.6 cm³/mol. The molecule has 0 aliphatic rings. The summed E-state index contributed by atoms with van der Waals surface area (Å²) in [6.45, 7) is 4.81. The number of carbonyl (C=O) groups excluding carboxylic acids is 1. The Bertz CT molecular complexity index is 552. The summed E-state index contributed by atoms with van der Waals surface area (Å²) in [7, 11) is 0. The quantitative estimate of drug-likeness (QED) is 0.803. The molecular formula is C13H15N3O3. The highest BCUT2D eigenvalue weighted by atomic mass is 16.5. The number of rotatable bonds is 6. The van der Waals surface area contributed by atoms with Crippen LogP contribution in [-0.2, 0) is 0 Å². The second kappa shape index (κ2) is 5.99. The summed E-state index contributed by atoms with van der Waals surface area (Å²) in [6.07, 6.45) is 1.30. The van der Waals surface area contributed by atoms with Crippen LogP contribution in [0.15, 0.2) is 24.5 Å². The SMILES string of the molecule is CCOc1ccc(C(=O)c2ncn[nH]2)cc1OCC. The zero-order chi connectivity index (χ0) is 13.7. The molecule has 2 rings (SSSR count). The highest BCUT2D eigenvalue weighted by molar-refractivity contribution is 6.06. The number of benzene rings is 1. The van der Waals surface area contributed by atoms with Crippen molar-refractivity contribution < 1.29 is 14.3 Å². The van der Waals surface area contributed by atoms with Gasteiger partial charge in [-0.2, -0.15) is 5.10 Å².